The first-order valence-corrected chi connectivity index (χ1v) is 12.8. The highest BCUT2D eigenvalue weighted by molar-refractivity contribution is 5.87. The van der Waals surface area contributed by atoms with Crippen molar-refractivity contribution in [2.75, 3.05) is 20.1 Å². The van der Waals surface area contributed by atoms with Crippen LogP contribution in [0.5, 0.6) is 11.5 Å². The summed E-state index contributed by atoms with van der Waals surface area (Å²) in [4.78, 5) is 13.1. The van der Waals surface area contributed by atoms with Crippen molar-refractivity contribution in [3.8, 4) is 11.5 Å². The minimum atomic E-state index is -0.699. The summed E-state index contributed by atoms with van der Waals surface area (Å²) >= 11 is 0. The van der Waals surface area contributed by atoms with Gasteiger partial charge in [-0.25, -0.2) is 0 Å². The normalized spacial score (nSPS) is 33.7. The molecule has 1 aromatic rings. The fourth-order valence-electron chi connectivity index (χ4n) is 6.92. The van der Waals surface area contributed by atoms with E-state index in [4.69, 9.17) is 4.74 Å². The SMILES string of the molecule is CCCC=CC(=O)NC.Oc1ccc2c3c1O[C@H]1CCC[C@@]4(O)[C@@H](C2)N(CC2CC2)CC[C@]314. The van der Waals surface area contributed by atoms with E-state index in [1.54, 1.807) is 19.2 Å². The maximum atomic E-state index is 12.0. The first-order chi connectivity index (χ1) is 15.9. The topological polar surface area (TPSA) is 82.0 Å². The summed E-state index contributed by atoms with van der Waals surface area (Å²) in [6, 6.07) is 4.07. The number of hydrogen-bond acceptors (Lipinski definition) is 5. The van der Waals surface area contributed by atoms with E-state index in [9.17, 15) is 15.0 Å². The largest absolute Gasteiger partial charge is 0.504 e. The third kappa shape index (κ3) is 3.57. The molecule has 2 bridgehead atoms. The standard InChI is InChI=1S/C20H25NO3.C7H13NO/c22-14-6-5-13-10-15-20(23)7-1-2-16-19(20,17(13)18(14)24-16)8-9-21(15)11-12-3-4-12;1-3-4-5-6-7(9)8-2/h5-6,12,15-16,22-23H,1-4,7-11H2;5-6H,3-4H2,1-2H3,(H,8,9)/t15-,16+,19-,20-;/m1./s1. The molecule has 2 heterocycles. The maximum absolute atomic E-state index is 12.0. The minimum absolute atomic E-state index is 0.0246. The molecule has 6 heteroatoms. The summed E-state index contributed by atoms with van der Waals surface area (Å²) in [7, 11) is 1.62. The number of aromatic hydroxyl groups is 1. The number of phenols is 1. The lowest BCUT2D eigenvalue weighted by atomic mass is 9.49. The highest BCUT2D eigenvalue weighted by Gasteiger charge is 2.71. The Morgan fingerprint density at radius 1 is 1.30 bits per heavy atom. The van der Waals surface area contributed by atoms with Crippen LogP contribution in [0.1, 0.15) is 69.4 Å². The molecule has 3 N–H and O–H groups in total. The lowest BCUT2D eigenvalue weighted by Gasteiger charge is -2.63. The van der Waals surface area contributed by atoms with Gasteiger partial charge in [-0.05, 0) is 81.5 Å². The minimum Gasteiger partial charge on any atom is -0.504 e. The third-order valence-electron chi connectivity index (χ3n) is 8.64. The molecule has 0 radical (unpaired) electrons. The van der Waals surface area contributed by atoms with E-state index in [1.807, 2.05) is 6.08 Å². The molecule has 1 amide bonds. The summed E-state index contributed by atoms with van der Waals surface area (Å²) in [5, 5.41) is 24.9. The number of allylic oxidation sites excluding steroid dienone is 1. The molecule has 1 saturated heterocycles. The number of likely N-dealkylation sites (N-methyl/N-ethyl adjacent to an activating group) is 1. The molecule has 180 valence electrons. The molecular formula is C27H38N2O4. The number of carbonyl (C=O) groups excluding carboxylic acids is 1. The number of unbranched alkanes of at least 4 members (excludes halogenated alkanes) is 1. The van der Waals surface area contributed by atoms with Gasteiger partial charge in [-0.15, -0.1) is 0 Å². The van der Waals surface area contributed by atoms with Gasteiger partial charge < -0.3 is 20.3 Å². The number of hydrogen-bond donors (Lipinski definition) is 3. The van der Waals surface area contributed by atoms with Gasteiger partial charge in [-0.2, -0.15) is 0 Å². The maximum Gasteiger partial charge on any atom is 0.243 e. The van der Waals surface area contributed by atoms with Crippen LogP contribution in [-0.2, 0) is 16.6 Å². The predicted octanol–water partition coefficient (Wildman–Crippen LogP) is 3.44. The Balaban J connectivity index is 0.000000219. The summed E-state index contributed by atoms with van der Waals surface area (Å²) in [6.45, 7) is 4.28. The molecule has 0 aromatic heterocycles. The highest BCUT2D eigenvalue weighted by Crippen LogP contribution is 2.65. The summed E-state index contributed by atoms with van der Waals surface area (Å²) in [5.41, 5.74) is 1.45. The fourth-order valence-corrected chi connectivity index (χ4v) is 6.92. The van der Waals surface area contributed by atoms with Crippen molar-refractivity contribution in [3.05, 3.63) is 35.4 Å². The Morgan fingerprint density at radius 3 is 2.85 bits per heavy atom. The predicted molar refractivity (Wildman–Crippen MR) is 128 cm³/mol. The number of nitrogens with one attached hydrogen (secondary N) is 1. The van der Waals surface area contributed by atoms with Gasteiger partial charge in [-0.1, -0.05) is 25.5 Å². The van der Waals surface area contributed by atoms with Gasteiger partial charge in [0.2, 0.25) is 5.91 Å². The lowest BCUT2D eigenvalue weighted by molar-refractivity contribution is -0.185. The van der Waals surface area contributed by atoms with Crippen LogP contribution in [0.15, 0.2) is 24.3 Å². The first kappa shape index (κ1) is 22.7. The van der Waals surface area contributed by atoms with E-state index < -0.39 is 5.60 Å². The van der Waals surface area contributed by atoms with Gasteiger partial charge in [0.15, 0.2) is 11.5 Å². The van der Waals surface area contributed by atoms with Crippen LogP contribution in [-0.4, -0.2) is 58.9 Å². The van der Waals surface area contributed by atoms with E-state index in [0.29, 0.717) is 5.75 Å². The summed E-state index contributed by atoms with van der Waals surface area (Å²) < 4.78 is 6.27. The molecule has 2 saturated carbocycles. The fraction of sp³-hybridized carbons (Fsp3) is 0.667. The summed E-state index contributed by atoms with van der Waals surface area (Å²) in [5.74, 6) is 1.74. The van der Waals surface area contributed by atoms with Crippen molar-refractivity contribution in [2.45, 2.75) is 87.9 Å². The van der Waals surface area contributed by atoms with Crippen molar-refractivity contribution in [2.24, 2.45) is 5.92 Å². The number of piperidine rings is 1. The average molecular weight is 455 g/mol. The molecule has 33 heavy (non-hydrogen) atoms. The monoisotopic (exact) mass is 454 g/mol. The highest BCUT2D eigenvalue weighted by atomic mass is 16.5. The van der Waals surface area contributed by atoms with Gasteiger partial charge in [-0.3, -0.25) is 9.69 Å². The van der Waals surface area contributed by atoms with E-state index in [1.165, 1.54) is 18.4 Å². The number of likely N-dealkylation sites (tertiary alicyclic amines) is 1. The summed E-state index contributed by atoms with van der Waals surface area (Å²) in [6.07, 6.45) is 13.0. The molecule has 0 unspecified atom stereocenters. The van der Waals surface area contributed by atoms with Gasteiger partial charge in [0, 0.05) is 25.2 Å². The second kappa shape index (κ2) is 8.62. The van der Waals surface area contributed by atoms with Gasteiger partial charge in [0.1, 0.15) is 6.10 Å². The van der Waals surface area contributed by atoms with Crippen LogP contribution < -0.4 is 10.1 Å². The van der Waals surface area contributed by atoms with Gasteiger partial charge in [0.25, 0.3) is 0 Å². The number of rotatable bonds is 5. The molecular weight excluding hydrogens is 416 g/mol. The van der Waals surface area contributed by atoms with Crippen LogP contribution in [0.4, 0.5) is 0 Å². The smallest absolute Gasteiger partial charge is 0.243 e. The third-order valence-corrected chi connectivity index (χ3v) is 8.64. The average Bonchev–Trinajstić information content (AvgIpc) is 3.55. The van der Waals surface area contributed by atoms with Crippen LogP contribution in [0, 0.1) is 5.92 Å². The molecule has 1 spiro atoms. The molecule has 1 aromatic carbocycles. The van der Waals surface area contributed by atoms with Crippen LogP contribution >= 0.6 is 0 Å². The van der Waals surface area contributed by atoms with Crippen molar-refractivity contribution >= 4 is 5.91 Å². The Kier molecular flexibility index (Phi) is 5.94. The zero-order valence-corrected chi connectivity index (χ0v) is 20.0. The number of aliphatic hydroxyl groups is 1. The van der Waals surface area contributed by atoms with Crippen molar-refractivity contribution in [1.82, 2.24) is 10.2 Å². The van der Waals surface area contributed by atoms with E-state index in [2.05, 4.69) is 23.2 Å². The molecule has 6 rings (SSSR count). The van der Waals surface area contributed by atoms with Crippen molar-refractivity contribution in [1.29, 1.82) is 0 Å². The first-order valence-electron chi connectivity index (χ1n) is 12.8. The Morgan fingerprint density at radius 2 is 2.12 bits per heavy atom. The van der Waals surface area contributed by atoms with Gasteiger partial charge >= 0.3 is 0 Å². The second-order valence-corrected chi connectivity index (χ2v) is 10.6. The Bertz CT molecular complexity index is 942. The number of ether oxygens (including phenoxy) is 1. The number of carbonyl (C=O) groups is 1. The Hall–Kier alpha value is -2.05. The quantitative estimate of drug-likeness (QED) is 0.594. The molecule has 3 aliphatic carbocycles. The second-order valence-electron chi connectivity index (χ2n) is 10.6. The van der Waals surface area contributed by atoms with E-state index in [0.717, 1.165) is 69.5 Å². The molecule has 4 atom stereocenters. The van der Waals surface area contributed by atoms with Crippen molar-refractivity contribution in [3.63, 3.8) is 0 Å². The van der Waals surface area contributed by atoms with Crippen LogP contribution in [0.2, 0.25) is 0 Å². The van der Waals surface area contributed by atoms with Crippen LogP contribution in [0.3, 0.4) is 0 Å². The molecule has 2 aliphatic heterocycles. The van der Waals surface area contributed by atoms with E-state index in [-0.39, 0.29) is 29.2 Å². The zero-order valence-electron chi connectivity index (χ0n) is 20.0. The van der Waals surface area contributed by atoms with E-state index >= 15 is 0 Å². The zero-order chi connectivity index (χ0) is 23.2. The van der Waals surface area contributed by atoms with Crippen molar-refractivity contribution < 1.29 is 19.7 Å². The number of benzene rings is 1. The number of amides is 1. The molecule has 5 aliphatic rings. The number of nitrogens with zero attached hydrogens (tertiary/aromatic N) is 1. The molecule has 3 fully saturated rings. The Labute approximate surface area is 197 Å². The lowest BCUT2D eigenvalue weighted by Crippen LogP contribution is -2.75. The van der Waals surface area contributed by atoms with Crippen LogP contribution in [0.25, 0.3) is 0 Å². The number of phenolic OH excluding ortho intramolecular Hbond substituents is 1. The molecule has 6 nitrogen and oxygen atoms in total. The van der Waals surface area contributed by atoms with Gasteiger partial charge in [0.05, 0.1) is 11.0 Å².